The minimum absolute atomic E-state index is 0.00258. The SMILES string of the molecule is COc1cc(/C=C\C(=O)O[C@H]2[C@H](O[C@H]3O[C@H](COC(C)=O)[C@@H](O[C@@H]4O[C@H](CO)[C@@H](O)[C@H](O)[C@H]4O)[C@H](O)[C@H]3O)[C@@H](O[C@@H]3O[C@H](CO)[C@@H](O)[C@H](O)[C@H]3O)[C@@H](O[C@]3(COC(=O)/C=C/c4ccc(O)c(OC)c4)O[C@H](CO)[C@@H](O)[C@H]3OC(=O)c3ccccc3)O[C@@H]2COC(C)=O)ccc1O. The molecule has 0 bridgehead atoms. The van der Waals surface area contributed by atoms with Crippen LogP contribution < -0.4 is 9.47 Å². The second-order valence-electron chi connectivity index (χ2n) is 22.4. The number of benzene rings is 3. The van der Waals surface area contributed by atoms with Crippen molar-refractivity contribution >= 4 is 42.0 Å². The topological polar surface area (TPSA) is 516 Å². The highest BCUT2D eigenvalue weighted by Gasteiger charge is 2.64. The lowest BCUT2D eigenvalue weighted by molar-refractivity contribution is -0.423. The molecule has 35 nitrogen and oxygen atoms in total. The molecule has 8 rings (SSSR count). The highest BCUT2D eigenvalue weighted by Crippen LogP contribution is 2.43. The molecule has 5 heterocycles. The molecule has 0 saturated carbocycles. The van der Waals surface area contributed by atoms with Crippen LogP contribution in [-0.2, 0) is 85.5 Å². The van der Waals surface area contributed by atoms with Gasteiger partial charge in [-0.25, -0.2) is 14.4 Å². The van der Waals surface area contributed by atoms with Crippen LogP contribution in [0.15, 0.2) is 78.9 Å². The maximum atomic E-state index is 14.4. The molecular weight excluding hydrogens is 1290 g/mol. The zero-order chi connectivity index (χ0) is 69.9. The van der Waals surface area contributed by atoms with E-state index in [1.54, 1.807) is 6.07 Å². The number of aliphatic hydroxyl groups excluding tert-OH is 12. The standard InChI is InChI=1S/C61H76O35/c1-26(65)83-23-38-51(91-57-48(77)45(74)42(71)35(20-62)86-57)47(76)50(79)59(88-38)92-53-52(90-41(70)17-13-29-11-15-32(68)34(19-29)82-4)39(24-84-27(2)66)89-60(54(53)93-58-49(78)46(75)43(72)36(21-63)87-58)96-61(25-85-40(69)16-12-28-10-14-31(67)33(18-28)81-3)55(44(73)37(22-64)95-61)94-56(80)30-8-6-5-7-9-30/h5-19,35-39,42-55,57-60,62-64,67-68,71-79H,20-25H2,1-4H3/b16-12+,17-13-/t35-,36-,37-,38-,39-,42-,43-,44-,45+,46+,47-,48-,49-,50-,51-,52-,53+,54-,55-,57+,58+,59-,60-,61+/m1/s1. The molecule has 35 heteroatoms. The monoisotopic (exact) mass is 1370 g/mol. The number of carbonyl (C=O) groups is 5. The maximum Gasteiger partial charge on any atom is 0.338 e. The summed E-state index contributed by atoms with van der Waals surface area (Å²) in [6.07, 6.45) is -45.7. The molecule has 0 aromatic heterocycles. The Morgan fingerprint density at radius 2 is 0.938 bits per heavy atom. The van der Waals surface area contributed by atoms with E-state index < -0.39 is 216 Å². The first-order valence-corrected chi connectivity index (χ1v) is 29.6. The van der Waals surface area contributed by atoms with Crippen LogP contribution in [0.5, 0.6) is 23.0 Å². The van der Waals surface area contributed by atoms with Crippen molar-refractivity contribution in [1.82, 2.24) is 0 Å². The molecular formula is C61H76O35. The van der Waals surface area contributed by atoms with Crippen LogP contribution in [0.25, 0.3) is 12.2 Å². The Bertz CT molecular complexity index is 3150. The molecule has 0 amide bonds. The summed E-state index contributed by atoms with van der Waals surface area (Å²) in [6, 6.07) is 14.9. The molecule has 0 radical (unpaired) electrons. The van der Waals surface area contributed by atoms with Crippen molar-refractivity contribution < 1.29 is 171 Å². The molecule has 5 aliphatic rings. The van der Waals surface area contributed by atoms with Gasteiger partial charge >= 0.3 is 29.8 Å². The van der Waals surface area contributed by atoms with E-state index in [2.05, 4.69) is 0 Å². The number of esters is 5. The molecule has 5 aliphatic heterocycles. The molecule has 5 saturated heterocycles. The van der Waals surface area contributed by atoms with Crippen molar-refractivity contribution in [3.63, 3.8) is 0 Å². The Morgan fingerprint density at radius 3 is 1.44 bits per heavy atom. The zero-order valence-electron chi connectivity index (χ0n) is 51.5. The summed E-state index contributed by atoms with van der Waals surface area (Å²) in [4.78, 5) is 67.8. The third-order valence-electron chi connectivity index (χ3n) is 15.8. The molecule has 3 aromatic rings. The number of methoxy groups -OCH3 is 2. The summed E-state index contributed by atoms with van der Waals surface area (Å²) in [5.41, 5.74) is 0.316. The number of hydrogen-bond acceptors (Lipinski definition) is 35. The fourth-order valence-corrected chi connectivity index (χ4v) is 10.8. The van der Waals surface area contributed by atoms with Crippen molar-refractivity contribution in [2.24, 2.45) is 0 Å². The van der Waals surface area contributed by atoms with Gasteiger partial charge in [-0.2, -0.15) is 0 Å². The maximum absolute atomic E-state index is 14.4. The Hall–Kier alpha value is -7.15. The molecule has 3 aromatic carbocycles. The van der Waals surface area contributed by atoms with Gasteiger partial charge in [0.05, 0.1) is 39.6 Å². The van der Waals surface area contributed by atoms with Gasteiger partial charge in [-0.05, 0) is 59.7 Å². The van der Waals surface area contributed by atoms with E-state index >= 15 is 0 Å². The predicted octanol–water partition coefficient (Wildman–Crippen LogP) is -4.96. The Morgan fingerprint density at radius 1 is 0.479 bits per heavy atom. The van der Waals surface area contributed by atoms with E-state index in [0.29, 0.717) is 0 Å². The minimum Gasteiger partial charge on any atom is -0.504 e. The molecule has 5 fully saturated rings. The lowest BCUT2D eigenvalue weighted by Crippen LogP contribution is -2.69. The van der Waals surface area contributed by atoms with E-state index in [4.69, 9.17) is 75.8 Å². The van der Waals surface area contributed by atoms with Crippen LogP contribution in [0.2, 0.25) is 0 Å². The minimum atomic E-state index is -3.03. The average molecular weight is 1370 g/mol. The largest absolute Gasteiger partial charge is 0.504 e. The summed E-state index contributed by atoms with van der Waals surface area (Å²) >= 11 is 0. The fourth-order valence-electron chi connectivity index (χ4n) is 10.8. The number of phenolic OH excluding ortho intramolecular Hbond substituents is 2. The van der Waals surface area contributed by atoms with Gasteiger partial charge in [0.1, 0.15) is 124 Å². The summed E-state index contributed by atoms with van der Waals surface area (Å²) in [5, 5.41) is 154. The van der Waals surface area contributed by atoms with Crippen LogP contribution in [0.1, 0.15) is 35.3 Å². The normalized spacial score (nSPS) is 35.4. The molecule has 530 valence electrons. The summed E-state index contributed by atoms with van der Waals surface area (Å²) in [7, 11) is 2.51. The van der Waals surface area contributed by atoms with E-state index in [0.717, 1.165) is 32.1 Å². The van der Waals surface area contributed by atoms with E-state index in [9.17, 15) is 95.5 Å². The van der Waals surface area contributed by atoms with Crippen LogP contribution in [0, 0.1) is 0 Å². The quantitative estimate of drug-likeness (QED) is 0.0203. The van der Waals surface area contributed by atoms with Crippen molar-refractivity contribution in [2.75, 3.05) is 53.9 Å². The van der Waals surface area contributed by atoms with E-state index in [1.165, 1.54) is 81.0 Å². The van der Waals surface area contributed by atoms with Crippen molar-refractivity contribution in [2.45, 2.75) is 161 Å². The Balaban J connectivity index is 1.29. The molecule has 0 aliphatic carbocycles. The second-order valence-corrected chi connectivity index (χ2v) is 22.4. The summed E-state index contributed by atoms with van der Waals surface area (Å²) in [6.45, 7) is -4.52. The average Bonchev–Trinajstić information content (AvgIpc) is 1.38. The van der Waals surface area contributed by atoms with Crippen molar-refractivity contribution in [3.8, 4) is 23.0 Å². The van der Waals surface area contributed by atoms with Gasteiger partial charge in [0.2, 0.25) is 5.79 Å². The van der Waals surface area contributed by atoms with Crippen LogP contribution in [0.4, 0.5) is 0 Å². The van der Waals surface area contributed by atoms with Crippen molar-refractivity contribution in [1.29, 1.82) is 0 Å². The lowest BCUT2D eigenvalue weighted by atomic mass is 9.95. The number of aliphatic hydroxyl groups is 12. The molecule has 24 atom stereocenters. The third-order valence-corrected chi connectivity index (χ3v) is 15.8. The van der Waals surface area contributed by atoms with Gasteiger partial charge in [0.15, 0.2) is 60.4 Å². The first-order chi connectivity index (χ1) is 45.7. The summed E-state index contributed by atoms with van der Waals surface area (Å²) < 4.78 is 94.2. The van der Waals surface area contributed by atoms with E-state index in [1.807, 2.05) is 0 Å². The highest BCUT2D eigenvalue weighted by molar-refractivity contribution is 5.90. The molecule has 96 heavy (non-hydrogen) atoms. The smallest absolute Gasteiger partial charge is 0.338 e. The Kier molecular flexibility index (Phi) is 26.0. The molecule has 14 N–H and O–H groups in total. The Labute approximate surface area is 545 Å². The number of rotatable bonds is 26. The van der Waals surface area contributed by atoms with Gasteiger partial charge < -0.3 is 147 Å². The number of phenols is 2. The number of hydrogen-bond donors (Lipinski definition) is 14. The summed E-state index contributed by atoms with van der Waals surface area (Å²) in [5.74, 6) is -9.41. The fraction of sp³-hybridized carbons (Fsp3) is 0.557. The van der Waals surface area contributed by atoms with Gasteiger partial charge in [0.25, 0.3) is 0 Å². The van der Waals surface area contributed by atoms with Crippen LogP contribution in [-0.4, -0.2) is 302 Å². The first-order valence-electron chi connectivity index (χ1n) is 29.6. The van der Waals surface area contributed by atoms with Gasteiger partial charge in [-0.15, -0.1) is 0 Å². The molecule has 0 spiro atoms. The van der Waals surface area contributed by atoms with Crippen LogP contribution >= 0.6 is 0 Å². The van der Waals surface area contributed by atoms with Gasteiger partial charge in [0, 0.05) is 26.0 Å². The van der Waals surface area contributed by atoms with Gasteiger partial charge in [-0.1, -0.05) is 30.3 Å². The second kappa shape index (κ2) is 33.4. The predicted molar refractivity (Wildman–Crippen MR) is 310 cm³/mol. The zero-order valence-corrected chi connectivity index (χ0v) is 51.5. The van der Waals surface area contributed by atoms with Crippen LogP contribution in [0.3, 0.4) is 0 Å². The highest BCUT2D eigenvalue weighted by atomic mass is 16.8. The van der Waals surface area contributed by atoms with Crippen molar-refractivity contribution in [3.05, 3.63) is 95.6 Å². The van der Waals surface area contributed by atoms with Gasteiger partial charge in [-0.3, -0.25) is 9.59 Å². The number of carbonyl (C=O) groups excluding carboxylic acids is 5. The number of ether oxygens (including phenoxy) is 16. The first kappa shape index (κ1) is 74.6. The molecule has 0 unspecified atom stereocenters. The number of aromatic hydroxyl groups is 2. The lowest BCUT2D eigenvalue weighted by Gasteiger charge is -2.51. The van der Waals surface area contributed by atoms with E-state index in [-0.39, 0.29) is 39.7 Å². The third kappa shape index (κ3) is 17.6.